The quantitative estimate of drug-likeness (QED) is 0.377. The lowest BCUT2D eigenvalue weighted by atomic mass is 9.84. The number of halogens is 1. The van der Waals surface area contributed by atoms with E-state index in [2.05, 4.69) is 45.0 Å². The summed E-state index contributed by atoms with van der Waals surface area (Å²) in [7, 11) is 0. The molecule has 2 nitrogen and oxygen atoms in total. The average molecular weight is 407 g/mol. The lowest BCUT2D eigenvalue weighted by Crippen LogP contribution is -2.22. The van der Waals surface area contributed by atoms with E-state index in [4.69, 9.17) is 11.6 Å². The van der Waals surface area contributed by atoms with E-state index >= 15 is 0 Å². The van der Waals surface area contributed by atoms with Crippen LogP contribution in [0.1, 0.15) is 58.2 Å². The van der Waals surface area contributed by atoms with Crippen molar-refractivity contribution in [2.45, 2.75) is 36.0 Å². The second-order valence-corrected chi connectivity index (χ2v) is 9.40. The molecule has 1 aliphatic carbocycles. The Bertz CT molecular complexity index is 1110. The van der Waals surface area contributed by atoms with E-state index in [-0.39, 0.29) is 17.0 Å². The Morgan fingerprint density at radius 2 is 1.32 bits per heavy atom. The second-order valence-electron chi connectivity index (χ2n) is 7.88. The zero-order chi connectivity index (χ0) is 20.1. The Labute approximate surface area is 173 Å². The lowest BCUT2D eigenvalue weighted by Gasteiger charge is -2.21. The molecule has 0 atom stereocenters. The molecule has 0 unspecified atom stereocenters. The van der Waals surface area contributed by atoms with Gasteiger partial charge in [0.05, 0.1) is 10.6 Å². The van der Waals surface area contributed by atoms with Crippen LogP contribution < -0.4 is 0 Å². The number of hydrogen-bond donors (Lipinski definition) is 0. The standard InChI is InChI=1S/C24H19ClO2S/c1-24(2,3)14-10-12-15(13-11-14)28-19-9-5-7-17-21(19)23(27)16-6-4-8-18(25)20(16)22(17)26/h4-13H,1-3H3. The molecule has 0 fully saturated rings. The van der Waals surface area contributed by atoms with Crippen molar-refractivity contribution >= 4 is 34.9 Å². The molecule has 140 valence electrons. The van der Waals surface area contributed by atoms with Crippen molar-refractivity contribution in [1.82, 2.24) is 0 Å². The number of carbonyl (C=O) groups excluding carboxylic acids is 2. The maximum absolute atomic E-state index is 13.2. The smallest absolute Gasteiger partial charge is 0.196 e. The molecule has 0 aliphatic heterocycles. The first-order chi connectivity index (χ1) is 13.3. The van der Waals surface area contributed by atoms with Gasteiger partial charge in [-0.3, -0.25) is 9.59 Å². The lowest BCUT2D eigenvalue weighted by molar-refractivity contribution is 0.0977. The molecule has 0 amide bonds. The van der Waals surface area contributed by atoms with E-state index < -0.39 is 0 Å². The molecule has 3 aromatic carbocycles. The molecule has 0 N–H and O–H groups in total. The van der Waals surface area contributed by atoms with Crippen molar-refractivity contribution in [1.29, 1.82) is 0 Å². The highest BCUT2D eigenvalue weighted by Crippen LogP contribution is 2.39. The second kappa shape index (κ2) is 6.91. The van der Waals surface area contributed by atoms with Gasteiger partial charge in [-0.05, 0) is 35.2 Å². The van der Waals surface area contributed by atoms with Crippen LogP contribution in [-0.2, 0) is 5.41 Å². The van der Waals surface area contributed by atoms with Gasteiger partial charge in [-0.15, -0.1) is 0 Å². The first-order valence-electron chi connectivity index (χ1n) is 9.06. The molecule has 0 bridgehead atoms. The topological polar surface area (TPSA) is 34.1 Å². The monoisotopic (exact) mass is 406 g/mol. The Hall–Kier alpha value is -2.36. The third-order valence-electron chi connectivity index (χ3n) is 4.93. The minimum Gasteiger partial charge on any atom is -0.289 e. The van der Waals surface area contributed by atoms with E-state index in [0.29, 0.717) is 27.3 Å². The van der Waals surface area contributed by atoms with Crippen LogP contribution in [0.5, 0.6) is 0 Å². The molecule has 0 radical (unpaired) electrons. The van der Waals surface area contributed by atoms with E-state index in [1.807, 2.05) is 12.1 Å². The van der Waals surface area contributed by atoms with Gasteiger partial charge in [-0.25, -0.2) is 0 Å². The minimum absolute atomic E-state index is 0.0838. The predicted octanol–water partition coefficient (Wildman–Crippen LogP) is 6.56. The van der Waals surface area contributed by atoms with Gasteiger partial charge >= 0.3 is 0 Å². The molecule has 0 heterocycles. The summed E-state index contributed by atoms with van der Waals surface area (Å²) in [4.78, 5) is 28.0. The minimum atomic E-state index is -0.194. The number of hydrogen-bond acceptors (Lipinski definition) is 3. The number of rotatable bonds is 2. The Kier molecular flexibility index (Phi) is 4.68. The van der Waals surface area contributed by atoms with Gasteiger partial charge in [0.2, 0.25) is 0 Å². The van der Waals surface area contributed by atoms with Crippen LogP contribution in [-0.4, -0.2) is 11.6 Å². The van der Waals surface area contributed by atoms with Crippen molar-refractivity contribution in [2.24, 2.45) is 0 Å². The molecule has 1 aliphatic rings. The van der Waals surface area contributed by atoms with Gasteiger partial charge in [-0.2, -0.15) is 0 Å². The molecule has 4 rings (SSSR count). The summed E-state index contributed by atoms with van der Waals surface area (Å²) in [6, 6.07) is 18.8. The van der Waals surface area contributed by atoms with Gasteiger partial charge in [0.1, 0.15) is 0 Å². The van der Waals surface area contributed by atoms with Crippen molar-refractivity contribution in [2.75, 3.05) is 0 Å². The molecule has 28 heavy (non-hydrogen) atoms. The molecule has 0 saturated heterocycles. The molecule has 3 aromatic rings. The SMILES string of the molecule is CC(C)(C)c1ccc(Sc2cccc3c2C(=O)c2cccc(Cl)c2C3=O)cc1. The van der Waals surface area contributed by atoms with E-state index in [1.54, 1.807) is 24.3 Å². The predicted molar refractivity (Wildman–Crippen MR) is 114 cm³/mol. The van der Waals surface area contributed by atoms with E-state index in [9.17, 15) is 9.59 Å². The van der Waals surface area contributed by atoms with Crippen LogP contribution in [0.2, 0.25) is 5.02 Å². The maximum Gasteiger partial charge on any atom is 0.196 e. The van der Waals surface area contributed by atoms with Crippen molar-refractivity contribution < 1.29 is 9.59 Å². The van der Waals surface area contributed by atoms with E-state index in [1.165, 1.54) is 17.3 Å². The van der Waals surface area contributed by atoms with Crippen LogP contribution in [0.25, 0.3) is 0 Å². The highest BCUT2D eigenvalue weighted by molar-refractivity contribution is 7.99. The van der Waals surface area contributed by atoms with Crippen LogP contribution in [0.3, 0.4) is 0 Å². The van der Waals surface area contributed by atoms with Crippen LogP contribution in [0.15, 0.2) is 70.5 Å². The van der Waals surface area contributed by atoms with Crippen molar-refractivity contribution in [3.8, 4) is 0 Å². The maximum atomic E-state index is 13.2. The number of benzene rings is 3. The summed E-state index contributed by atoms with van der Waals surface area (Å²) < 4.78 is 0. The van der Waals surface area contributed by atoms with Gasteiger partial charge in [0, 0.05) is 26.5 Å². The molecule has 0 aromatic heterocycles. The third kappa shape index (κ3) is 3.19. The normalized spacial score (nSPS) is 13.3. The molecular formula is C24H19ClO2S. The summed E-state index contributed by atoms with van der Waals surface area (Å²) in [6.07, 6.45) is 0. The fourth-order valence-electron chi connectivity index (χ4n) is 3.40. The fourth-order valence-corrected chi connectivity index (χ4v) is 4.64. The van der Waals surface area contributed by atoms with Crippen LogP contribution in [0.4, 0.5) is 0 Å². The third-order valence-corrected chi connectivity index (χ3v) is 6.31. The summed E-state index contributed by atoms with van der Waals surface area (Å²) in [5.41, 5.74) is 2.90. The van der Waals surface area contributed by atoms with Gasteiger partial charge in [0.15, 0.2) is 11.6 Å². The highest BCUT2D eigenvalue weighted by Gasteiger charge is 2.33. The van der Waals surface area contributed by atoms with E-state index in [0.717, 1.165) is 9.79 Å². The highest BCUT2D eigenvalue weighted by atomic mass is 35.5. The Balaban J connectivity index is 1.76. The average Bonchev–Trinajstić information content (AvgIpc) is 2.65. The van der Waals surface area contributed by atoms with Crippen LogP contribution in [0, 0.1) is 0 Å². The molecule has 4 heteroatoms. The Morgan fingerprint density at radius 1 is 0.750 bits per heavy atom. The molecular weight excluding hydrogens is 388 g/mol. The zero-order valence-corrected chi connectivity index (χ0v) is 17.4. The number of ketones is 2. The number of carbonyl (C=O) groups is 2. The summed E-state index contributed by atoms with van der Waals surface area (Å²) in [5, 5.41) is 0.317. The largest absolute Gasteiger partial charge is 0.289 e. The first kappa shape index (κ1) is 19.0. The summed E-state index contributed by atoms with van der Waals surface area (Å²) in [6.45, 7) is 6.53. The molecule has 0 saturated carbocycles. The van der Waals surface area contributed by atoms with Crippen molar-refractivity contribution in [3.63, 3.8) is 0 Å². The summed E-state index contributed by atoms with van der Waals surface area (Å²) in [5.74, 6) is -0.345. The van der Waals surface area contributed by atoms with Crippen LogP contribution >= 0.6 is 23.4 Å². The van der Waals surface area contributed by atoms with Crippen molar-refractivity contribution in [3.05, 3.63) is 93.5 Å². The fraction of sp³-hybridized carbons (Fsp3) is 0.167. The Morgan fingerprint density at radius 3 is 1.96 bits per heavy atom. The number of fused-ring (bicyclic) bond motifs is 2. The zero-order valence-electron chi connectivity index (χ0n) is 15.9. The molecule has 0 spiro atoms. The van der Waals surface area contributed by atoms with Gasteiger partial charge < -0.3 is 0 Å². The van der Waals surface area contributed by atoms with Gasteiger partial charge in [0.25, 0.3) is 0 Å². The summed E-state index contributed by atoms with van der Waals surface area (Å²) >= 11 is 7.71. The van der Waals surface area contributed by atoms with Gasteiger partial charge in [-0.1, -0.05) is 80.5 Å². The first-order valence-corrected chi connectivity index (χ1v) is 10.3.